The third-order valence-electron chi connectivity index (χ3n) is 4.19. The molecular formula is C24H21N3O3. The van der Waals surface area contributed by atoms with Gasteiger partial charge in [-0.05, 0) is 54.1 Å². The van der Waals surface area contributed by atoms with Gasteiger partial charge >= 0.3 is 0 Å². The highest BCUT2D eigenvalue weighted by Crippen LogP contribution is 2.22. The first kappa shape index (κ1) is 20.5. The summed E-state index contributed by atoms with van der Waals surface area (Å²) in [4.78, 5) is 12.3. The maximum Gasteiger partial charge on any atom is 0.263 e. The van der Waals surface area contributed by atoms with Crippen LogP contribution in [0, 0.1) is 11.3 Å². The van der Waals surface area contributed by atoms with Gasteiger partial charge in [-0.25, -0.2) is 0 Å². The third kappa shape index (κ3) is 5.88. The van der Waals surface area contributed by atoms with E-state index in [-0.39, 0.29) is 5.57 Å². The SMILES string of the molecule is COc1ccc(CNC(=O)/C(C#N)=C\Nc2ccc(Oc3ccccc3)cc2)cc1. The molecule has 1 amide bonds. The topological polar surface area (TPSA) is 83.4 Å². The molecule has 0 bridgehead atoms. The highest BCUT2D eigenvalue weighted by molar-refractivity contribution is 5.97. The van der Waals surface area contributed by atoms with E-state index in [1.54, 1.807) is 31.4 Å². The van der Waals surface area contributed by atoms with Crippen LogP contribution < -0.4 is 20.1 Å². The molecule has 0 unspecified atom stereocenters. The number of carbonyl (C=O) groups is 1. The van der Waals surface area contributed by atoms with E-state index in [0.29, 0.717) is 12.3 Å². The second-order valence-electron chi connectivity index (χ2n) is 6.28. The number of nitriles is 1. The molecule has 150 valence electrons. The van der Waals surface area contributed by atoms with Crippen LogP contribution in [0.15, 0.2) is 90.6 Å². The summed E-state index contributed by atoms with van der Waals surface area (Å²) in [5.41, 5.74) is 1.61. The molecule has 30 heavy (non-hydrogen) atoms. The molecule has 0 aromatic heterocycles. The summed E-state index contributed by atoms with van der Waals surface area (Å²) in [6.45, 7) is 0.313. The van der Waals surface area contributed by atoms with Crippen LogP contribution in [0.25, 0.3) is 0 Å². The fraction of sp³-hybridized carbons (Fsp3) is 0.0833. The van der Waals surface area contributed by atoms with Crippen molar-refractivity contribution in [3.05, 3.63) is 96.2 Å². The van der Waals surface area contributed by atoms with Crippen LogP contribution in [0.5, 0.6) is 17.2 Å². The number of benzene rings is 3. The minimum atomic E-state index is -0.454. The molecule has 0 spiro atoms. The number of methoxy groups -OCH3 is 1. The van der Waals surface area contributed by atoms with Crippen molar-refractivity contribution in [3.8, 4) is 23.3 Å². The van der Waals surface area contributed by atoms with E-state index in [2.05, 4.69) is 10.6 Å². The second kappa shape index (κ2) is 10.3. The summed E-state index contributed by atoms with van der Waals surface area (Å²) >= 11 is 0. The molecule has 0 aliphatic carbocycles. The molecule has 0 atom stereocenters. The van der Waals surface area contributed by atoms with Gasteiger partial charge < -0.3 is 20.1 Å². The lowest BCUT2D eigenvalue weighted by Crippen LogP contribution is -2.24. The first-order valence-corrected chi connectivity index (χ1v) is 9.29. The van der Waals surface area contributed by atoms with Gasteiger partial charge in [0.05, 0.1) is 7.11 Å². The summed E-state index contributed by atoms with van der Waals surface area (Å²) < 4.78 is 10.8. The van der Waals surface area contributed by atoms with Gasteiger partial charge in [0, 0.05) is 18.4 Å². The summed E-state index contributed by atoms with van der Waals surface area (Å²) in [5.74, 6) is 1.73. The summed E-state index contributed by atoms with van der Waals surface area (Å²) in [6.07, 6.45) is 1.39. The molecule has 6 nitrogen and oxygen atoms in total. The van der Waals surface area contributed by atoms with Crippen molar-refractivity contribution in [2.75, 3.05) is 12.4 Å². The minimum absolute atomic E-state index is 0.0203. The van der Waals surface area contributed by atoms with Gasteiger partial charge in [-0.3, -0.25) is 4.79 Å². The fourth-order valence-corrected chi connectivity index (χ4v) is 2.57. The van der Waals surface area contributed by atoms with Crippen molar-refractivity contribution in [2.45, 2.75) is 6.54 Å². The Labute approximate surface area is 175 Å². The second-order valence-corrected chi connectivity index (χ2v) is 6.28. The molecule has 3 aromatic rings. The van der Waals surface area contributed by atoms with E-state index in [1.807, 2.05) is 60.7 Å². The van der Waals surface area contributed by atoms with Crippen LogP contribution in [-0.2, 0) is 11.3 Å². The molecule has 0 heterocycles. The van der Waals surface area contributed by atoms with Crippen molar-refractivity contribution in [1.82, 2.24) is 5.32 Å². The zero-order chi connectivity index (χ0) is 21.2. The molecule has 2 N–H and O–H groups in total. The van der Waals surface area contributed by atoms with Crippen LogP contribution in [0.3, 0.4) is 0 Å². The van der Waals surface area contributed by atoms with Gasteiger partial charge in [-0.1, -0.05) is 30.3 Å². The van der Waals surface area contributed by atoms with Gasteiger partial charge in [0.2, 0.25) is 0 Å². The normalized spacial score (nSPS) is 10.6. The number of anilines is 1. The Kier molecular flexibility index (Phi) is 7.07. The Hall–Kier alpha value is -4.24. The van der Waals surface area contributed by atoms with Crippen molar-refractivity contribution in [2.24, 2.45) is 0 Å². The maximum absolute atomic E-state index is 12.3. The summed E-state index contributed by atoms with van der Waals surface area (Å²) in [5, 5.41) is 15.0. The van der Waals surface area contributed by atoms with Gasteiger partial charge in [-0.2, -0.15) is 5.26 Å². The largest absolute Gasteiger partial charge is 0.497 e. The Morgan fingerprint density at radius 1 is 0.933 bits per heavy atom. The van der Waals surface area contributed by atoms with E-state index < -0.39 is 5.91 Å². The van der Waals surface area contributed by atoms with Gasteiger partial charge in [0.15, 0.2) is 0 Å². The molecule has 0 saturated carbocycles. The number of nitrogens with zero attached hydrogens (tertiary/aromatic N) is 1. The smallest absolute Gasteiger partial charge is 0.263 e. The first-order valence-electron chi connectivity index (χ1n) is 9.29. The molecule has 3 rings (SSSR count). The van der Waals surface area contributed by atoms with E-state index in [4.69, 9.17) is 9.47 Å². The lowest BCUT2D eigenvalue weighted by atomic mass is 10.2. The van der Waals surface area contributed by atoms with Gasteiger partial charge in [-0.15, -0.1) is 0 Å². The molecule has 0 aliphatic rings. The van der Waals surface area contributed by atoms with Crippen molar-refractivity contribution in [1.29, 1.82) is 5.26 Å². The summed E-state index contributed by atoms with van der Waals surface area (Å²) in [6, 6.07) is 25.9. The van der Waals surface area contributed by atoms with Crippen molar-refractivity contribution in [3.63, 3.8) is 0 Å². The van der Waals surface area contributed by atoms with E-state index in [0.717, 1.165) is 22.7 Å². The number of para-hydroxylation sites is 1. The zero-order valence-electron chi connectivity index (χ0n) is 16.5. The number of hydrogen-bond donors (Lipinski definition) is 2. The minimum Gasteiger partial charge on any atom is -0.497 e. The predicted molar refractivity (Wildman–Crippen MR) is 115 cm³/mol. The first-order chi connectivity index (χ1) is 14.7. The summed E-state index contributed by atoms with van der Waals surface area (Å²) in [7, 11) is 1.59. The Morgan fingerprint density at radius 3 is 2.20 bits per heavy atom. The number of hydrogen-bond acceptors (Lipinski definition) is 5. The number of nitrogens with one attached hydrogen (secondary N) is 2. The average Bonchev–Trinajstić information content (AvgIpc) is 2.80. The monoisotopic (exact) mass is 399 g/mol. The number of amides is 1. The molecule has 0 saturated heterocycles. The van der Waals surface area contributed by atoms with E-state index in [9.17, 15) is 10.1 Å². The Balaban J connectivity index is 1.54. The van der Waals surface area contributed by atoms with Gasteiger partial charge in [0.1, 0.15) is 28.9 Å². The van der Waals surface area contributed by atoms with Crippen LogP contribution in [0.4, 0.5) is 5.69 Å². The molecule has 0 aliphatic heterocycles. The maximum atomic E-state index is 12.3. The molecule has 0 fully saturated rings. The average molecular weight is 399 g/mol. The molecule has 3 aromatic carbocycles. The highest BCUT2D eigenvalue weighted by Gasteiger charge is 2.08. The molecule has 6 heteroatoms. The van der Waals surface area contributed by atoms with Crippen LogP contribution in [0.1, 0.15) is 5.56 Å². The molecule has 0 radical (unpaired) electrons. The van der Waals surface area contributed by atoms with Crippen LogP contribution >= 0.6 is 0 Å². The predicted octanol–water partition coefficient (Wildman–Crippen LogP) is 4.62. The fourth-order valence-electron chi connectivity index (χ4n) is 2.57. The zero-order valence-corrected chi connectivity index (χ0v) is 16.5. The third-order valence-corrected chi connectivity index (χ3v) is 4.19. The van der Waals surface area contributed by atoms with Crippen molar-refractivity contribution >= 4 is 11.6 Å². The van der Waals surface area contributed by atoms with Crippen LogP contribution in [0.2, 0.25) is 0 Å². The quantitative estimate of drug-likeness (QED) is 0.426. The van der Waals surface area contributed by atoms with Crippen molar-refractivity contribution < 1.29 is 14.3 Å². The standard InChI is InChI=1S/C24H21N3O3/c1-29-21-11-7-18(8-12-21)16-27-24(28)19(15-25)17-26-20-9-13-23(14-10-20)30-22-5-3-2-4-6-22/h2-14,17,26H,16H2,1H3,(H,27,28)/b19-17-. The van der Waals surface area contributed by atoms with E-state index in [1.165, 1.54) is 6.20 Å². The molecular weight excluding hydrogens is 378 g/mol. The van der Waals surface area contributed by atoms with Gasteiger partial charge in [0.25, 0.3) is 5.91 Å². The Morgan fingerprint density at radius 2 is 1.57 bits per heavy atom. The number of carbonyl (C=O) groups excluding carboxylic acids is 1. The Bertz CT molecular complexity index is 1040. The number of ether oxygens (including phenoxy) is 2. The lowest BCUT2D eigenvalue weighted by Gasteiger charge is -2.08. The number of rotatable bonds is 8. The highest BCUT2D eigenvalue weighted by atomic mass is 16.5. The van der Waals surface area contributed by atoms with Crippen LogP contribution in [-0.4, -0.2) is 13.0 Å². The van der Waals surface area contributed by atoms with E-state index >= 15 is 0 Å². The lowest BCUT2D eigenvalue weighted by molar-refractivity contribution is -0.117.